The first-order chi connectivity index (χ1) is 9.70. The SMILES string of the molecule is CCCCN(C(=O)Cn1ccc(N)n1)c1ccccc1. The van der Waals surface area contributed by atoms with Gasteiger partial charge in [-0.25, -0.2) is 0 Å². The standard InChI is InChI=1S/C15H20N4O/c1-2-3-10-19(13-7-5-4-6-8-13)15(20)12-18-11-9-14(16)17-18/h4-9,11H,2-3,10,12H2,1H3,(H2,16,17). The number of benzene rings is 1. The van der Waals surface area contributed by atoms with Crippen molar-refractivity contribution in [3.05, 3.63) is 42.6 Å². The monoisotopic (exact) mass is 272 g/mol. The highest BCUT2D eigenvalue weighted by Crippen LogP contribution is 2.15. The molecule has 2 rings (SSSR count). The van der Waals surface area contributed by atoms with Crippen LogP contribution < -0.4 is 10.6 Å². The molecule has 1 aromatic carbocycles. The normalized spacial score (nSPS) is 10.4. The molecular weight excluding hydrogens is 252 g/mol. The van der Waals surface area contributed by atoms with Crippen molar-refractivity contribution in [2.24, 2.45) is 0 Å². The highest BCUT2D eigenvalue weighted by molar-refractivity contribution is 5.93. The van der Waals surface area contributed by atoms with Crippen LogP contribution in [0.1, 0.15) is 19.8 Å². The number of nitrogens with two attached hydrogens (primary N) is 1. The molecule has 1 amide bonds. The van der Waals surface area contributed by atoms with Crippen LogP contribution in [0.2, 0.25) is 0 Å². The molecule has 106 valence electrons. The predicted molar refractivity (Wildman–Crippen MR) is 80.3 cm³/mol. The number of hydrogen-bond donors (Lipinski definition) is 1. The largest absolute Gasteiger partial charge is 0.382 e. The molecule has 5 nitrogen and oxygen atoms in total. The quantitative estimate of drug-likeness (QED) is 0.877. The minimum Gasteiger partial charge on any atom is -0.382 e. The smallest absolute Gasteiger partial charge is 0.248 e. The summed E-state index contributed by atoms with van der Waals surface area (Å²) in [5, 5.41) is 4.05. The van der Waals surface area contributed by atoms with Gasteiger partial charge in [0, 0.05) is 18.4 Å². The van der Waals surface area contributed by atoms with E-state index in [-0.39, 0.29) is 12.5 Å². The molecule has 0 spiro atoms. The fourth-order valence-electron chi connectivity index (χ4n) is 2.01. The lowest BCUT2D eigenvalue weighted by Gasteiger charge is -2.22. The second kappa shape index (κ2) is 6.75. The van der Waals surface area contributed by atoms with Gasteiger partial charge in [-0.1, -0.05) is 31.5 Å². The van der Waals surface area contributed by atoms with Gasteiger partial charge in [-0.05, 0) is 24.6 Å². The number of anilines is 2. The van der Waals surface area contributed by atoms with Crippen molar-refractivity contribution in [1.82, 2.24) is 9.78 Å². The Bertz CT molecular complexity index is 550. The lowest BCUT2D eigenvalue weighted by Crippen LogP contribution is -2.34. The van der Waals surface area contributed by atoms with Crippen LogP contribution in [0.25, 0.3) is 0 Å². The fraction of sp³-hybridized carbons (Fsp3) is 0.333. The molecule has 0 radical (unpaired) electrons. The Balaban J connectivity index is 2.11. The second-order valence-electron chi connectivity index (χ2n) is 4.67. The average Bonchev–Trinajstić information content (AvgIpc) is 2.86. The molecule has 5 heteroatoms. The molecule has 2 aromatic rings. The maximum atomic E-state index is 12.5. The van der Waals surface area contributed by atoms with E-state index in [0.29, 0.717) is 5.82 Å². The molecule has 1 heterocycles. The number of carbonyl (C=O) groups is 1. The van der Waals surface area contributed by atoms with Gasteiger partial charge in [0.2, 0.25) is 5.91 Å². The molecule has 0 saturated carbocycles. The van der Waals surface area contributed by atoms with Gasteiger partial charge in [-0.2, -0.15) is 5.10 Å². The summed E-state index contributed by atoms with van der Waals surface area (Å²) in [4.78, 5) is 14.3. The van der Waals surface area contributed by atoms with E-state index in [1.54, 1.807) is 21.8 Å². The molecule has 0 aliphatic rings. The maximum Gasteiger partial charge on any atom is 0.248 e. The van der Waals surface area contributed by atoms with Crippen molar-refractivity contribution in [3.8, 4) is 0 Å². The topological polar surface area (TPSA) is 64.2 Å². The van der Waals surface area contributed by atoms with E-state index in [9.17, 15) is 4.79 Å². The first kappa shape index (κ1) is 14.1. The second-order valence-corrected chi connectivity index (χ2v) is 4.67. The molecule has 0 fully saturated rings. The Kier molecular flexibility index (Phi) is 4.76. The van der Waals surface area contributed by atoms with Crippen molar-refractivity contribution < 1.29 is 4.79 Å². The van der Waals surface area contributed by atoms with E-state index in [2.05, 4.69) is 12.0 Å². The van der Waals surface area contributed by atoms with E-state index in [1.165, 1.54) is 0 Å². The fourth-order valence-corrected chi connectivity index (χ4v) is 2.01. The summed E-state index contributed by atoms with van der Waals surface area (Å²) in [6.45, 7) is 3.04. The zero-order valence-corrected chi connectivity index (χ0v) is 11.7. The summed E-state index contributed by atoms with van der Waals surface area (Å²) >= 11 is 0. The van der Waals surface area contributed by atoms with Crippen LogP contribution in [-0.2, 0) is 11.3 Å². The Morgan fingerprint density at radius 1 is 1.30 bits per heavy atom. The first-order valence-electron chi connectivity index (χ1n) is 6.85. The first-order valence-corrected chi connectivity index (χ1v) is 6.85. The van der Waals surface area contributed by atoms with E-state index in [1.807, 2.05) is 30.3 Å². The number of nitrogen functional groups attached to an aromatic ring is 1. The Morgan fingerprint density at radius 3 is 2.65 bits per heavy atom. The summed E-state index contributed by atoms with van der Waals surface area (Å²) < 4.78 is 1.57. The average molecular weight is 272 g/mol. The van der Waals surface area contributed by atoms with E-state index in [0.717, 1.165) is 25.1 Å². The van der Waals surface area contributed by atoms with Gasteiger partial charge in [0.05, 0.1) is 0 Å². The van der Waals surface area contributed by atoms with Crippen LogP contribution in [0.5, 0.6) is 0 Å². The van der Waals surface area contributed by atoms with Crippen molar-refractivity contribution in [3.63, 3.8) is 0 Å². The van der Waals surface area contributed by atoms with Gasteiger partial charge < -0.3 is 10.6 Å². The predicted octanol–water partition coefficient (Wildman–Crippen LogP) is 2.30. The van der Waals surface area contributed by atoms with Crippen LogP contribution >= 0.6 is 0 Å². The van der Waals surface area contributed by atoms with Gasteiger partial charge in [0.15, 0.2) is 0 Å². The molecule has 0 aliphatic heterocycles. The summed E-state index contributed by atoms with van der Waals surface area (Å²) in [7, 11) is 0. The number of nitrogens with zero attached hydrogens (tertiary/aromatic N) is 3. The number of para-hydroxylation sites is 1. The lowest BCUT2D eigenvalue weighted by molar-refractivity contribution is -0.119. The number of aromatic nitrogens is 2. The van der Waals surface area contributed by atoms with Crippen LogP contribution in [0.15, 0.2) is 42.6 Å². The number of rotatable bonds is 6. The van der Waals surface area contributed by atoms with Crippen molar-refractivity contribution in [2.75, 3.05) is 17.2 Å². The van der Waals surface area contributed by atoms with E-state index < -0.39 is 0 Å². The van der Waals surface area contributed by atoms with Crippen LogP contribution in [0.4, 0.5) is 11.5 Å². The number of carbonyl (C=O) groups excluding carboxylic acids is 1. The van der Waals surface area contributed by atoms with Gasteiger partial charge in [0.25, 0.3) is 0 Å². The molecule has 20 heavy (non-hydrogen) atoms. The minimum atomic E-state index is 0.0211. The van der Waals surface area contributed by atoms with Crippen LogP contribution in [-0.4, -0.2) is 22.2 Å². The number of unbranched alkanes of at least 4 members (excludes halogenated alkanes) is 1. The summed E-state index contributed by atoms with van der Waals surface area (Å²) in [6, 6.07) is 11.4. The molecular formula is C15H20N4O. The van der Waals surface area contributed by atoms with Crippen LogP contribution in [0.3, 0.4) is 0 Å². The summed E-state index contributed by atoms with van der Waals surface area (Å²) in [5.41, 5.74) is 6.49. The molecule has 0 aliphatic carbocycles. The van der Waals surface area contributed by atoms with E-state index in [4.69, 9.17) is 5.73 Å². The van der Waals surface area contributed by atoms with Gasteiger partial charge >= 0.3 is 0 Å². The zero-order valence-electron chi connectivity index (χ0n) is 11.7. The molecule has 0 saturated heterocycles. The Hall–Kier alpha value is -2.30. The lowest BCUT2D eigenvalue weighted by atomic mass is 10.2. The molecule has 2 N–H and O–H groups in total. The van der Waals surface area contributed by atoms with Gasteiger partial charge in [-0.15, -0.1) is 0 Å². The Morgan fingerprint density at radius 2 is 2.05 bits per heavy atom. The Labute approximate surface area is 119 Å². The van der Waals surface area contributed by atoms with Gasteiger partial charge in [-0.3, -0.25) is 9.48 Å². The highest BCUT2D eigenvalue weighted by Gasteiger charge is 2.15. The third kappa shape index (κ3) is 3.60. The molecule has 0 atom stereocenters. The molecule has 1 aromatic heterocycles. The highest BCUT2D eigenvalue weighted by atomic mass is 16.2. The maximum absolute atomic E-state index is 12.5. The minimum absolute atomic E-state index is 0.0211. The third-order valence-electron chi connectivity index (χ3n) is 3.06. The molecule has 0 bridgehead atoms. The number of amides is 1. The third-order valence-corrected chi connectivity index (χ3v) is 3.06. The number of hydrogen-bond acceptors (Lipinski definition) is 3. The van der Waals surface area contributed by atoms with E-state index >= 15 is 0 Å². The van der Waals surface area contributed by atoms with Crippen molar-refractivity contribution >= 4 is 17.4 Å². The zero-order chi connectivity index (χ0) is 14.4. The summed E-state index contributed by atoms with van der Waals surface area (Å²) in [6.07, 6.45) is 3.74. The summed E-state index contributed by atoms with van der Waals surface area (Å²) in [5.74, 6) is 0.449. The van der Waals surface area contributed by atoms with Crippen LogP contribution in [0, 0.1) is 0 Å². The van der Waals surface area contributed by atoms with Gasteiger partial charge in [0.1, 0.15) is 12.4 Å². The van der Waals surface area contributed by atoms with Crippen molar-refractivity contribution in [2.45, 2.75) is 26.3 Å². The van der Waals surface area contributed by atoms with Crippen molar-refractivity contribution in [1.29, 1.82) is 0 Å². The molecule has 0 unspecified atom stereocenters.